The van der Waals surface area contributed by atoms with E-state index in [9.17, 15) is 4.79 Å². The van der Waals surface area contributed by atoms with Crippen LogP contribution in [0.25, 0.3) is 0 Å². The second-order valence-corrected chi connectivity index (χ2v) is 3.34. The van der Waals surface area contributed by atoms with E-state index in [1.54, 1.807) is 18.5 Å². The molecule has 4 N–H and O–H groups in total. The lowest BCUT2D eigenvalue weighted by Crippen LogP contribution is -2.38. The second kappa shape index (κ2) is 4.78. The zero-order chi connectivity index (χ0) is 9.68. The molecular weight excluding hydrogens is 188 g/mol. The van der Waals surface area contributed by atoms with Gasteiger partial charge < -0.3 is 11.5 Å². The van der Waals surface area contributed by atoms with Crippen LogP contribution < -0.4 is 11.5 Å². The SMILES string of the molecule is NC(=O)C(N)CSc1ncccn1. The number of amides is 1. The molecule has 1 aromatic heterocycles. The van der Waals surface area contributed by atoms with Gasteiger partial charge in [-0.3, -0.25) is 4.79 Å². The van der Waals surface area contributed by atoms with Crippen molar-refractivity contribution in [2.75, 3.05) is 5.75 Å². The van der Waals surface area contributed by atoms with E-state index in [1.807, 2.05) is 0 Å². The van der Waals surface area contributed by atoms with Crippen molar-refractivity contribution < 1.29 is 4.79 Å². The van der Waals surface area contributed by atoms with Gasteiger partial charge in [-0.2, -0.15) is 0 Å². The van der Waals surface area contributed by atoms with Crippen LogP contribution in [0.4, 0.5) is 0 Å². The molecule has 1 unspecified atom stereocenters. The molecule has 1 atom stereocenters. The number of nitrogens with zero attached hydrogens (tertiary/aromatic N) is 2. The van der Waals surface area contributed by atoms with E-state index in [0.717, 1.165) is 0 Å². The number of hydrogen-bond acceptors (Lipinski definition) is 5. The van der Waals surface area contributed by atoms with Gasteiger partial charge in [0.25, 0.3) is 0 Å². The number of primary amides is 1. The Bertz CT molecular complexity index is 279. The first-order valence-electron chi connectivity index (χ1n) is 3.65. The van der Waals surface area contributed by atoms with Gasteiger partial charge in [-0.15, -0.1) is 0 Å². The number of thioether (sulfide) groups is 1. The molecule has 0 spiro atoms. The summed E-state index contributed by atoms with van der Waals surface area (Å²) in [6, 6.07) is 1.08. The summed E-state index contributed by atoms with van der Waals surface area (Å²) < 4.78 is 0. The maximum Gasteiger partial charge on any atom is 0.235 e. The van der Waals surface area contributed by atoms with Crippen molar-refractivity contribution in [2.24, 2.45) is 11.5 Å². The molecule has 70 valence electrons. The molecule has 0 aliphatic carbocycles. The average Bonchev–Trinajstić information content (AvgIpc) is 2.15. The molecule has 0 bridgehead atoms. The van der Waals surface area contributed by atoms with Gasteiger partial charge in [0.05, 0.1) is 6.04 Å². The van der Waals surface area contributed by atoms with Crippen LogP contribution in [0.2, 0.25) is 0 Å². The van der Waals surface area contributed by atoms with Crippen LogP contribution in [0.5, 0.6) is 0 Å². The van der Waals surface area contributed by atoms with Gasteiger partial charge in [0.1, 0.15) is 0 Å². The molecule has 0 aliphatic rings. The fourth-order valence-corrected chi connectivity index (χ4v) is 1.37. The van der Waals surface area contributed by atoms with Gasteiger partial charge >= 0.3 is 0 Å². The molecule has 13 heavy (non-hydrogen) atoms. The van der Waals surface area contributed by atoms with Crippen LogP contribution in [-0.4, -0.2) is 27.7 Å². The summed E-state index contributed by atoms with van der Waals surface area (Å²) in [7, 11) is 0. The molecule has 0 radical (unpaired) electrons. The highest BCUT2D eigenvalue weighted by atomic mass is 32.2. The van der Waals surface area contributed by atoms with Crippen molar-refractivity contribution in [1.29, 1.82) is 0 Å². The monoisotopic (exact) mass is 198 g/mol. The van der Waals surface area contributed by atoms with Gasteiger partial charge in [-0.05, 0) is 6.07 Å². The lowest BCUT2D eigenvalue weighted by Gasteiger charge is -2.04. The zero-order valence-corrected chi connectivity index (χ0v) is 7.70. The van der Waals surface area contributed by atoms with Crippen molar-refractivity contribution in [3.63, 3.8) is 0 Å². The third kappa shape index (κ3) is 3.39. The number of rotatable bonds is 4. The summed E-state index contributed by atoms with van der Waals surface area (Å²) in [5.41, 5.74) is 10.4. The third-order valence-electron chi connectivity index (χ3n) is 1.30. The Morgan fingerprint density at radius 3 is 2.69 bits per heavy atom. The molecular formula is C7H10N4OS. The number of carbonyl (C=O) groups is 1. The molecule has 1 amide bonds. The maximum absolute atomic E-state index is 10.6. The fourth-order valence-electron chi connectivity index (χ4n) is 0.606. The Kier molecular flexibility index (Phi) is 3.66. The van der Waals surface area contributed by atoms with Crippen molar-refractivity contribution in [3.8, 4) is 0 Å². The highest BCUT2D eigenvalue weighted by molar-refractivity contribution is 7.99. The first-order valence-corrected chi connectivity index (χ1v) is 4.63. The summed E-state index contributed by atoms with van der Waals surface area (Å²) in [5.74, 6) is -0.109. The lowest BCUT2D eigenvalue weighted by molar-refractivity contribution is -0.118. The number of carbonyl (C=O) groups excluding carboxylic acids is 1. The van der Waals surface area contributed by atoms with Crippen molar-refractivity contribution >= 4 is 17.7 Å². The van der Waals surface area contributed by atoms with E-state index in [-0.39, 0.29) is 0 Å². The van der Waals surface area contributed by atoms with Crippen LogP contribution in [0, 0.1) is 0 Å². The van der Waals surface area contributed by atoms with Crippen molar-refractivity contribution in [3.05, 3.63) is 18.5 Å². The van der Waals surface area contributed by atoms with Gasteiger partial charge in [0.2, 0.25) is 5.91 Å². The van der Waals surface area contributed by atoms with Crippen LogP contribution >= 0.6 is 11.8 Å². The van der Waals surface area contributed by atoms with Crippen LogP contribution in [0.1, 0.15) is 0 Å². The largest absolute Gasteiger partial charge is 0.368 e. The highest BCUT2D eigenvalue weighted by Gasteiger charge is 2.09. The van der Waals surface area contributed by atoms with E-state index in [1.165, 1.54) is 11.8 Å². The molecule has 6 heteroatoms. The van der Waals surface area contributed by atoms with Crippen LogP contribution in [0.3, 0.4) is 0 Å². The normalized spacial score (nSPS) is 12.4. The second-order valence-electron chi connectivity index (χ2n) is 2.35. The van der Waals surface area contributed by atoms with Crippen LogP contribution in [-0.2, 0) is 4.79 Å². The minimum Gasteiger partial charge on any atom is -0.368 e. The first kappa shape index (κ1) is 9.94. The Morgan fingerprint density at radius 1 is 1.54 bits per heavy atom. The molecule has 1 rings (SSSR count). The molecule has 0 saturated carbocycles. The molecule has 1 aromatic rings. The van der Waals surface area contributed by atoms with E-state index in [4.69, 9.17) is 11.5 Å². The van der Waals surface area contributed by atoms with E-state index in [2.05, 4.69) is 9.97 Å². The standard InChI is InChI=1S/C7H10N4OS/c8-5(6(9)12)4-13-7-10-2-1-3-11-7/h1-3,5H,4,8H2,(H2,9,12). The molecule has 0 aliphatic heterocycles. The Labute approximate surface area is 79.9 Å². The summed E-state index contributed by atoms with van der Waals surface area (Å²) in [6.07, 6.45) is 3.26. The topological polar surface area (TPSA) is 94.9 Å². The van der Waals surface area contributed by atoms with Crippen molar-refractivity contribution in [1.82, 2.24) is 9.97 Å². The zero-order valence-electron chi connectivity index (χ0n) is 6.88. The molecule has 1 heterocycles. The fraction of sp³-hybridized carbons (Fsp3) is 0.286. The minimum atomic E-state index is -0.645. The van der Waals surface area contributed by atoms with Gasteiger partial charge in [0.15, 0.2) is 5.16 Å². The molecule has 0 saturated heterocycles. The van der Waals surface area contributed by atoms with Crippen LogP contribution in [0.15, 0.2) is 23.6 Å². The summed E-state index contributed by atoms with van der Waals surface area (Å²) in [5, 5.41) is 0.596. The minimum absolute atomic E-state index is 0.402. The third-order valence-corrected chi connectivity index (χ3v) is 2.29. The highest BCUT2D eigenvalue weighted by Crippen LogP contribution is 2.10. The summed E-state index contributed by atoms with van der Waals surface area (Å²) in [6.45, 7) is 0. The predicted octanol–water partition coefficient (Wildman–Crippen LogP) is -0.619. The summed E-state index contributed by atoms with van der Waals surface area (Å²) in [4.78, 5) is 18.5. The molecule has 5 nitrogen and oxygen atoms in total. The van der Waals surface area contributed by atoms with Gasteiger partial charge in [-0.25, -0.2) is 9.97 Å². The molecule has 0 aromatic carbocycles. The van der Waals surface area contributed by atoms with Crippen molar-refractivity contribution in [2.45, 2.75) is 11.2 Å². The first-order chi connectivity index (χ1) is 6.20. The average molecular weight is 198 g/mol. The quantitative estimate of drug-likeness (QED) is 0.496. The lowest BCUT2D eigenvalue weighted by atomic mass is 10.3. The number of aromatic nitrogens is 2. The predicted molar refractivity (Wildman–Crippen MR) is 49.9 cm³/mol. The van der Waals surface area contributed by atoms with Gasteiger partial charge in [0, 0.05) is 18.1 Å². The van der Waals surface area contributed by atoms with E-state index >= 15 is 0 Å². The molecule has 0 fully saturated rings. The van der Waals surface area contributed by atoms with E-state index in [0.29, 0.717) is 10.9 Å². The smallest absolute Gasteiger partial charge is 0.235 e. The Balaban J connectivity index is 2.39. The number of hydrogen-bond donors (Lipinski definition) is 2. The van der Waals surface area contributed by atoms with E-state index < -0.39 is 11.9 Å². The Morgan fingerprint density at radius 2 is 2.15 bits per heavy atom. The summed E-state index contributed by atoms with van der Waals surface area (Å²) >= 11 is 1.31. The Hall–Kier alpha value is -1.14. The van der Waals surface area contributed by atoms with Gasteiger partial charge in [-0.1, -0.05) is 11.8 Å². The number of nitrogens with two attached hydrogens (primary N) is 2. The maximum atomic E-state index is 10.6.